The van der Waals surface area contributed by atoms with Gasteiger partial charge in [0.15, 0.2) is 0 Å². The smallest absolute Gasteiger partial charge is 0.237 e. The highest BCUT2D eigenvalue weighted by molar-refractivity contribution is 6.30. The highest BCUT2D eigenvalue weighted by atomic mass is 35.5. The molecule has 0 radical (unpaired) electrons. The highest BCUT2D eigenvalue weighted by Gasteiger charge is 2.29. The lowest BCUT2D eigenvalue weighted by molar-refractivity contribution is 0.323. The van der Waals surface area contributed by atoms with Crippen molar-refractivity contribution in [2.75, 3.05) is 6.61 Å². The number of aliphatic imine (C=N–C) groups is 1. The minimum absolute atomic E-state index is 0.151. The zero-order valence-electron chi connectivity index (χ0n) is 13.8. The molecule has 2 aromatic heterocycles. The summed E-state index contributed by atoms with van der Waals surface area (Å²) >= 11 is 6.23. The molecule has 25 heavy (non-hydrogen) atoms. The van der Waals surface area contributed by atoms with Crippen molar-refractivity contribution >= 4 is 17.5 Å². The Labute approximate surface area is 148 Å². The maximum absolute atomic E-state index is 6.23. The molecule has 4 heterocycles. The third-order valence-corrected chi connectivity index (χ3v) is 4.82. The van der Waals surface area contributed by atoms with Gasteiger partial charge in [0.05, 0.1) is 34.5 Å². The van der Waals surface area contributed by atoms with E-state index in [0.717, 1.165) is 34.2 Å². The summed E-state index contributed by atoms with van der Waals surface area (Å²) in [6.07, 6.45) is 2.44. The molecule has 0 saturated heterocycles. The van der Waals surface area contributed by atoms with E-state index in [2.05, 4.69) is 24.9 Å². The van der Waals surface area contributed by atoms with E-state index in [9.17, 15) is 0 Å². The van der Waals surface area contributed by atoms with Gasteiger partial charge in [-0.1, -0.05) is 16.8 Å². The first kappa shape index (κ1) is 14.7. The number of aromatic nitrogens is 5. The Hall–Kier alpha value is -2.67. The minimum Gasteiger partial charge on any atom is -0.474 e. The summed E-state index contributed by atoms with van der Waals surface area (Å²) in [5.41, 5.74) is 5.52. The summed E-state index contributed by atoms with van der Waals surface area (Å²) in [5.74, 6) is 0.607. The van der Waals surface area contributed by atoms with Crippen LogP contribution in [0.1, 0.15) is 29.7 Å². The van der Waals surface area contributed by atoms with Crippen molar-refractivity contribution in [3.63, 3.8) is 0 Å². The SMILES string of the molecule is Cc1nnn2c1Cc1c(C3=N[C@@H](C)CO3)ncn1-c1ccc(Cl)cc1-2. The quantitative estimate of drug-likeness (QED) is 0.526. The van der Waals surface area contributed by atoms with Gasteiger partial charge in [0.2, 0.25) is 5.90 Å². The van der Waals surface area contributed by atoms with Crippen LogP contribution in [-0.2, 0) is 11.2 Å². The predicted octanol–water partition coefficient (Wildman–Crippen LogP) is 2.48. The molecule has 2 aliphatic heterocycles. The zero-order chi connectivity index (χ0) is 17.1. The topological polar surface area (TPSA) is 70.1 Å². The second-order valence-electron chi connectivity index (χ2n) is 6.35. The molecular weight excluding hydrogens is 340 g/mol. The Kier molecular flexibility index (Phi) is 3.03. The summed E-state index contributed by atoms with van der Waals surface area (Å²) < 4.78 is 9.65. The van der Waals surface area contributed by atoms with E-state index in [1.165, 1.54) is 0 Å². The number of hydrogen-bond donors (Lipinski definition) is 0. The van der Waals surface area contributed by atoms with Crippen LogP contribution in [0, 0.1) is 6.92 Å². The molecule has 0 fully saturated rings. The molecule has 1 atom stereocenters. The number of imidazole rings is 1. The van der Waals surface area contributed by atoms with Crippen molar-refractivity contribution in [2.24, 2.45) is 4.99 Å². The van der Waals surface area contributed by atoms with Crippen LogP contribution >= 0.6 is 11.6 Å². The van der Waals surface area contributed by atoms with Crippen molar-refractivity contribution in [1.29, 1.82) is 0 Å². The second-order valence-corrected chi connectivity index (χ2v) is 6.78. The molecule has 126 valence electrons. The first-order valence-corrected chi connectivity index (χ1v) is 8.48. The van der Waals surface area contributed by atoms with E-state index >= 15 is 0 Å². The number of rotatable bonds is 1. The van der Waals surface area contributed by atoms with Crippen molar-refractivity contribution in [3.05, 3.63) is 52.3 Å². The number of benzene rings is 1. The van der Waals surface area contributed by atoms with E-state index in [1.807, 2.05) is 43.1 Å². The number of halogens is 1. The van der Waals surface area contributed by atoms with E-state index in [1.54, 1.807) is 0 Å². The third kappa shape index (κ3) is 2.12. The first-order valence-electron chi connectivity index (χ1n) is 8.10. The van der Waals surface area contributed by atoms with Gasteiger partial charge in [-0.25, -0.2) is 14.7 Å². The van der Waals surface area contributed by atoms with E-state index in [0.29, 0.717) is 23.9 Å². The van der Waals surface area contributed by atoms with Gasteiger partial charge in [0.25, 0.3) is 0 Å². The van der Waals surface area contributed by atoms with Crippen LogP contribution in [0.2, 0.25) is 5.02 Å². The summed E-state index contributed by atoms with van der Waals surface area (Å²) in [5, 5.41) is 9.21. The lowest BCUT2D eigenvalue weighted by atomic mass is 10.1. The molecule has 0 unspecified atom stereocenters. The van der Waals surface area contributed by atoms with Gasteiger partial charge in [-0.15, -0.1) is 5.10 Å². The Morgan fingerprint density at radius 3 is 2.92 bits per heavy atom. The summed E-state index contributed by atoms with van der Waals surface area (Å²) in [7, 11) is 0. The van der Waals surface area contributed by atoms with Gasteiger partial charge in [-0.05, 0) is 32.0 Å². The van der Waals surface area contributed by atoms with Crippen LogP contribution < -0.4 is 0 Å². The Bertz CT molecular complexity index is 1030. The van der Waals surface area contributed by atoms with E-state index in [-0.39, 0.29) is 6.04 Å². The lowest BCUT2D eigenvalue weighted by Crippen LogP contribution is -2.08. The van der Waals surface area contributed by atoms with Crippen molar-refractivity contribution < 1.29 is 4.74 Å². The standard InChI is InChI=1S/C17H15ClN6O/c1-9-7-25-17(20-9)16-15-6-13-10(2)21-22-24(13)14-5-11(18)3-4-12(14)23(15)8-19-16/h3-5,8-9H,6-7H2,1-2H3/t9-/m0/s1. The van der Waals surface area contributed by atoms with Crippen molar-refractivity contribution in [2.45, 2.75) is 26.3 Å². The molecule has 0 bridgehead atoms. The highest BCUT2D eigenvalue weighted by Crippen LogP contribution is 2.32. The number of nitrogens with zero attached hydrogens (tertiary/aromatic N) is 6. The molecule has 0 saturated carbocycles. The molecule has 0 spiro atoms. The van der Waals surface area contributed by atoms with Gasteiger partial charge in [0.1, 0.15) is 18.6 Å². The predicted molar refractivity (Wildman–Crippen MR) is 93.0 cm³/mol. The molecule has 8 heteroatoms. The summed E-state index contributed by atoms with van der Waals surface area (Å²) in [6, 6.07) is 5.89. The zero-order valence-corrected chi connectivity index (χ0v) is 14.5. The molecule has 1 aromatic carbocycles. The average Bonchev–Trinajstić information content (AvgIpc) is 3.26. The Morgan fingerprint density at radius 2 is 2.12 bits per heavy atom. The van der Waals surface area contributed by atoms with Crippen LogP contribution in [-0.4, -0.2) is 43.1 Å². The molecule has 0 N–H and O–H groups in total. The minimum atomic E-state index is 0.151. The molecule has 0 aliphatic carbocycles. The molecule has 5 rings (SSSR count). The molecule has 0 amide bonds. The molecular formula is C17H15ClN6O. The monoisotopic (exact) mass is 354 g/mol. The number of ether oxygens (including phenoxy) is 1. The van der Waals surface area contributed by atoms with Crippen LogP contribution in [0.5, 0.6) is 0 Å². The summed E-state index contributed by atoms with van der Waals surface area (Å²) in [4.78, 5) is 9.15. The van der Waals surface area contributed by atoms with Crippen LogP contribution in [0.3, 0.4) is 0 Å². The fraction of sp³-hybridized carbons (Fsp3) is 0.294. The van der Waals surface area contributed by atoms with Gasteiger partial charge in [-0.2, -0.15) is 0 Å². The lowest BCUT2D eigenvalue weighted by Gasteiger charge is -2.10. The number of hydrogen-bond acceptors (Lipinski definition) is 5. The molecule has 3 aromatic rings. The van der Waals surface area contributed by atoms with Gasteiger partial charge < -0.3 is 4.74 Å². The average molecular weight is 355 g/mol. The largest absolute Gasteiger partial charge is 0.474 e. The number of fused-ring (bicyclic) bond motifs is 5. The maximum atomic E-state index is 6.23. The normalized spacial score (nSPS) is 18.0. The fourth-order valence-electron chi connectivity index (χ4n) is 3.33. The fourth-order valence-corrected chi connectivity index (χ4v) is 3.50. The van der Waals surface area contributed by atoms with Gasteiger partial charge >= 0.3 is 0 Å². The second kappa shape index (κ2) is 5.16. The Balaban J connectivity index is 1.79. The van der Waals surface area contributed by atoms with Crippen molar-refractivity contribution in [1.82, 2.24) is 24.5 Å². The van der Waals surface area contributed by atoms with Crippen LogP contribution in [0.25, 0.3) is 11.4 Å². The van der Waals surface area contributed by atoms with Gasteiger partial charge in [0, 0.05) is 11.4 Å². The van der Waals surface area contributed by atoms with E-state index < -0.39 is 0 Å². The van der Waals surface area contributed by atoms with Crippen LogP contribution in [0.15, 0.2) is 29.5 Å². The first-order chi connectivity index (χ1) is 12.1. The Morgan fingerprint density at radius 1 is 1.24 bits per heavy atom. The number of aryl methyl sites for hydroxylation is 1. The van der Waals surface area contributed by atoms with Crippen LogP contribution in [0.4, 0.5) is 0 Å². The van der Waals surface area contributed by atoms with Crippen molar-refractivity contribution in [3.8, 4) is 11.4 Å². The van der Waals surface area contributed by atoms with Gasteiger partial charge in [-0.3, -0.25) is 4.57 Å². The van der Waals surface area contributed by atoms with E-state index in [4.69, 9.17) is 16.3 Å². The third-order valence-electron chi connectivity index (χ3n) is 4.59. The molecule has 7 nitrogen and oxygen atoms in total. The maximum Gasteiger partial charge on any atom is 0.237 e. The summed E-state index contributed by atoms with van der Waals surface area (Å²) in [6.45, 7) is 4.58. The molecule has 2 aliphatic rings.